The number of ether oxygens (including phenoxy) is 1. The first-order valence-corrected chi connectivity index (χ1v) is 11.7. The highest BCUT2D eigenvalue weighted by molar-refractivity contribution is 5.67. The van der Waals surface area contributed by atoms with Crippen molar-refractivity contribution >= 4 is 6.09 Å². The summed E-state index contributed by atoms with van der Waals surface area (Å²) in [6.45, 7) is 4.59. The Labute approximate surface area is 174 Å². The minimum Gasteiger partial charge on any atom is -0.411 e. The predicted molar refractivity (Wildman–Crippen MR) is 122 cm³/mol. The molecule has 28 heavy (non-hydrogen) atoms. The van der Waals surface area contributed by atoms with Crippen LogP contribution in [-0.4, -0.2) is 6.09 Å². The summed E-state index contributed by atoms with van der Waals surface area (Å²) in [5.74, 6) is 0.468. The quantitative estimate of drug-likeness (QED) is 0.287. The third-order valence-corrected chi connectivity index (χ3v) is 4.92. The van der Waals surface area contributed by atoms with Crippen molar-refractivity contribution in [2.24, 2.45) is 5.73 Å². The number of rotatable bonds is 16. The van der Waals surface area contributed by atoms with Crippen LogP contribution in [0, 0.1) is 0 Å². The van der Waals surface area contributed by atoms with E-state index in [4.69, 9.17) is 5.73 Å². The summed E-state index contributed by atoms with van der Waals surface area (Å²) in [5.41, 5.74) is 4.76. The van der Waals surface area contributed by atoms with Crippen LogP contribution in [0.5, 0.6) is 5.75 Å². The van der Waals surface area contributed by atoms with Gasteiger partial charge in [-0.2, -0.15) is 0 Å². The molecule has 0 saturated heterocycles. The lowest BCUT2D eigenvalue weighted by Crippen LogP contribution is -2.15. The molecular formula is C25H45NO2. The van der Waals surface area contributed by atoms with Crippen molar-refractivity contribution < 1.29 is 9.53 Å². The van der Waals surface area contributed by atoms with Crippen molar-refractivity contribution in [3.05, 3.63) is 30.3 Å². The average molecular weight is 392 g/mol. The largest absolute Gasteiger partial charge is 0.411 e. The summed E-state index contributed by atoms with van der Waals surface area (Å²) in [7, 11) is 0. The van der Waals surface area contributed by atoms with Crippen LogP contribution in [0.1, 0.15) is 117 Å². The first-order chi connectivity index (χ1) is 13.7. The summed E-state index contributed by atoms with van der Waals surface area (Å²) < 4.78 is 4.55. The molecule has 1 amide bonds. The van der Waals surface area contributed by atoms with Gasteiger partial charge in [0.05, 0.1) is 0 Å². The number of amides is 1. The first-order valence-electron chi connectivity index (χ1n) is 11.7. The maximum Gasteiger partial charge on any atom is 0.409 e. The van der Waals surface area contributed by atoms with E-state index in [1.54, 1.807) is 24.3 Å². The van der Waals surface area contributed by atoms with Gasteiger partial charge in [-0.25, -0.2) is 4.79 Å². The zero-order valence-electron chi connectivity index (χ0n) is 18.6. The maximum atomic E-state index is 10.2. The van der Waals surface area contributed by atoms with Gasteiger partial charge in [-0.05, 0) is 12.1 Å². The lowest BCUT2D eigenvalue weighted by atomic mass is 10.0. The minimum atomic E-state index is -0.786. The first kappa shape index (κ1) is 26.5. The molecule has 0 heterocycles. The molecule has 162 valence electrons. The van der Waals surface area contributed by atoms with Crippen molar-refractivity contribution in [3.8, 4) is 5.75 Å². The molecule has 2 N–H and O–H groups in total. The van der Waals surface area contributed by atoms with Gasteiger partial charge in [0.15, 0.2) is 0 Å². The second-order valence-electron chi connectivity index (χ2n) is 7.68. The molecule has 0 aliphatic carbocycles. The Morgan fingerprint density at radius 1 is 0.643 bits per heavy atom. The molecular weight excluding hydrogens is 346 g/mol. The molecule has 0 unspecified atom stereocenters. The van der Waals surface area contributed by atoms with Crippen molar-refractivity contribution in [1.29, 1.82) is 0 Å². The van der Waals surface area contributed by atoms with Gasteiger partial charge in [0.25, 0.3) is 0 Å². The molecule has 1 aromatic carbocycles. The fourth-order valence-electron chi connectivity index (χ4n) is 3.23. The van der Waals surface area contributed by atoms with Crippen LogP contribution in [0.25, 0.3) is 0 Å². The van der Waals surface area contributed by atoms with Gasteiger partial charge in [0.1, 0.15) is 5.75 Å². The molecule has 0 spiro atoms. The van der Waals surface area contributed by atoms with Crippen molar-refractivity contribution in [2.45, 2.75) is 117 Å². The highest BCUT2D eigenvalue weighted by Gasteiger charge is 1.94. The third-order valence-electron chi connectivity index (χ3n) is 4.92. The van der Waals surface area contributed by atoms with E-state index in [1.165, 1.54) is 103 Å². The standard InChI is InChI=1S/C18H38.C7H7NO2/c1-3-5-7-9-11-13-15-17-18-16-14-12-10-8-6-4-2;8-7(9)10-6-4-2-1-3-5-6/h3-18H2,1-2H3;1-5H,(H2,8,9). The van der Waals surface area contributed by atoms with Crippen LogP contribution >= 0.6 is 0 Å². The van der Waals surface area contributed by atoms with Crippen LogP contribution in [0.3, 0.4) is 0 Å². The van der Waals surface area contributed by atoms with Gasteiger partial charge in [-0.15, -0.1) is 0 Å². The lowest BCUT2D eigenvalue weighted by molar-refractivity contribution is 0.211. The fourth-order valence-corrected chi connectivity index (χ4v) is 3.23. The second-order valence-corrected chi connectivity index (χ2v) is 7.68. The van der Waals surface area contributed by atoms with E-state index in [0.717, 1.165) is 0 Å². The van der Waals surface area contributed by atoms with Crippen LogP contribution < -0.4 is 10.5 Å². The zero-order chi connectivity index (χ0) is 20.7. The molecule has 0 aliphatic rings. The second kappa shape index (κ2) is 21.8. The molecule has 0 fully saturated rings. The summed E-state index contributed by atoms with van der Waals surface area (Å²) in [6, 6.07) is 8.67. The van der Waals surface area contributed by atoms with Gasteiger partial charge in [0.2, 0.25) is 0 Å². The monoisotopic (exact) mass is 391 g/mol. The highest BCUT2D eigenvalue weighted by Crippen LogP contribution is 2.13. The molecule has 0 atom stereocenters. The summed E-state index contributed by atoms with van der Waals surface area (Å²) in [5, 5.41) is 0. The number of hydrogen-bond donors (Lipinski definition) is 1. The van der Waals surface area contributed by atoms with Gasteiger partial charge >= 0.3 is 6.09 Å². The number of para-hydroxylation sites is 1. The van der Waals surface area contributed by atoms with E-state index >= 15 is 0 Å². The molecule has 0 aliphatic heterocycles. The Balaban J connectivity index is 0.000000609. The van der Waals surface area contributed by atoms with Crippen molar-refractivity contribution in [1.82, 2.24) is 0 Å². The summed E-state index contributed by atoms with van der Waals surface area (Å²) in [6.07, 6.45) is 22.6. The van der Waals surface area contributed by atoms with E-state index in [0.29, 0.717) is 5.75 Å². The smallest absolute Gasteiger partial charge is 0.409 e. The van der Waals surface area contributed by atoms with Crippen LogP contribution in [0.2, 0.25) is 0 Å². The molecule has 3 heteroatoms. The SMILES string of the molecule is CCCCCCCCCCCCCCCCCC.NC(=O)Oc1ccccc1. The topological polar surface area (TPSA) is 52.3 Å². The Morgan fingerprint density at radius 2 is 0.964 bits per heavy atom. The lowest BCUT2D eigenvalue weighted by Gasteiger charge is -2.03. The molecule has 0 aromatic heterocycles. The van der Waals surface area contributed by atoms with E-state index in [1.807, 2.05) is 6.07 Å². The normalized spacial score (nSPS) is 10.2. The summed E-state index contributed by atoms with van der Waals surface area (Å²) >= 11 is 0. The fraction of sp³-hybridized carbons (Fsp3) is 0.720. The maximum absolute atomic E-state index is 10.2. The highest BCUT2D eigenvalue weighted by atomic mass is 16.5. The van der Waals surface area contributed by atoms with Gasteiger partial charge < -0.3 is 10.5 Å². The van der Waals surface area contributed by atoms with Gasteiger partial charge in [0, 0.05) is 0 Å². The Kier molecular flexibility index (Phi) is 20.6. The molecule has 3 nitrogen and oxygen atoms in total. The molecule has 0 saturated carbocycles. The molecule has 0 radical (unpaired) electrons. The Bertz CT molecular complexity index is 417. The average Bonchev–Trinajstić information content (AvgIpc) is 2.69. The van der Waals surface area contributed by atoms with Crippen molar-refractivity contribution in [3.63, 3.8) is 0 Å². The van der Waals surface area contributed by atoms with Gasteiger partial charge in [-0.3, -0.25) is 0 Å². The number of nitrogens with two attached hydrogens (primary N) is 1. The molecule has 1 aromatic rings. The third kappa shape index (κ3) is 20.8. The van der Waals surface area contributed by atoms with E-state index < -0.39 is 6.09 Å². The van der Waals surface area contributed by atoms with E-state index in [-0.39, 0.29) is 0 Å². The van der Waals surface area contributed by atoms with Crippen molar-refractivity contribution in [2.75, 3.05) is 0 Å². The molecule has 0 bridgehead atoms. The van der Waals surface area contributed by atoms with Crippen LogP contribution in [0.15, 0.2) is 30.3 Å². The number of primary amides is 1. The zero-order valence-corrected chi connectivity index (χ0v) is 18.6. The van der Waals surface area contributed by atoms with Crippen LogP contribution in [-0.2, 0) is 0 Å². The number of benzene rings is 1. The van der Waals surface area contributed by atoms with E-state index in [9.17, 15) is 4.79 Å². The molecule has 1 rings (SSSR count). The number of carbonyl (C=O) groups is 1. The number of carbonyl (C=O) groups excluding carboxylic acids is 1. The number of hydrogen-bond acceptors (Lipinski definition) is 2. The van der Waals surface area contributed by atoms with E-state index in [2.05, 4.69) is 18.6 Å². The predicted octanol–water partition coefficient (Wildman–Crippen LogP) is 8.41. The van der Waals surface area contributed by atoms with Gasteiger partial charge in [-0.1, -0.05) is 135 Å². The Morgan fingerprint density at radius 3 is 1.25 bits per heavy atom. The number of unbranched alkanes of at least 4 members (excludes halogenated alkanes) is 15. The van der Waals surface area contributed by atoms with Crippen LogP contribution in [0.4, 0.5) is 4.79 Å². The Hall–Kier alpha value is -1.51. The minimum absolute atomic E-state index is 0.468. The summed E-state index contributed by atoms with van der Waals surface area (Å²) in [4.78, 5) is 10.2.